The Morgan fingerprint density at radius 3 is 1.07 bits per heavy atom. The number of halogens is 2. The molecule has 10 aliphatic rings. The van der Waals surface area contributed by atoms with Crippen molar-refractivity contribution in [3.05, 3.63) is 0 Å². The normalized spacial score (nSPS) is 28.9. The highest BCUT2D eigenvalue weighted by Crippen LogP contribution is 2.59. The lowest BCUT2D eigenvalue weighted by atomic mass is 8.81. The predicted molar refractivity (Wildman–Crippen MR) is 382 cm³/mol. The number of quaternary nitrogens is 1. The molecule has 10 fully saturated rings. The highest BCUT2D eigenvalue weighted by atomic mass is 127. The Labute approximate surface area is 550 Å². The van der Waals surface area contributed by atoms with E-state index in [0.29, 0.717) is 19.5 Å². The van der Waals surface area contributed by atoms with Crippen LogP contribution < -0.4 is 35.0 Å². The van der Waals surface area contributed by atoms with Crippen LogP contribution in [0.2, 0.25) is 69.6 Å². The molecular weight excluding hydrogens is 1210 g/mol. The van der Waals surface area contributed by atoms with Gasteiger partial charge in [-0.2, -0.15) is 0 Å². The molecule has 10 bridgehead atoms. The summed E-state index contributed by atoms with van der Waals surface area (Å²) >= 11 is 2.41. The number of unbranched alkanes of at least 4 members (excludes halogenated alkanes) is 4. The first-order chi connectivity index (χ1) is 39.6. The van der Waals surface area contributed by atoms with Crippen LogP contribution in [0.3, 0.4) is 0 Å². The number of fused-ring (bicyclic) bond motifs is 10. The van der Waals surface area contributed by atoms with Crippen molar-refractivity contribution >= 4 is 100 Å². The minimum atomic E-state index is -0.593. The van der Waals surface area contributed by atoms with Crippen LogP contribution >= 0.6 is 22.6 Å². The fourth-order valence-corrected chi connectivity index (χ4v) is 20.1. The van der Waals surface area contributed by atoms with E-state index in [1.807, 2.05) is 4.90 Å². The van der Waals surface area contributed by atoms with Gasteiger partial charge in [0.25, 0.3) is 0 Å². The van der Waals surface area contributed by atoms with Crippen LogP contribution in [0.4, 0.5) is 0 Å². The summed E-state index contributed by atoms with van der Waals surface area (Å²) < 4.78 is 1.32. The maximum absolute atomic E-state index is 6.14. The number of terminal acetylenes is 3. The van der Waals surface area contributed by atoms with Gasteiger partial charge in [0.2, 0.25) is 0 Å². The lowest BCUT2D eigenvalue weighted by Crippen LogP contribution is -3.00. The monoisotopic (exact) mass is 1330 g/mol. The third kappa shape index (κ3) is 25.9. The molecule has 0 unspecified atom stereocenters. The van der Waals surface area contributed by atoms with E-state index >= 15 is 0 Å². The first-order valence-corrected chi connectivity index (χ1v) is 37.1. The summed E-state index contributed by atoms with van der Waals surface area (Å²) in [7, 11) is 22.5. The van der Waals surface area contributed by atoms with E-state index in [-0.39, 0.29) is 24.0 Å². The van der Waals surface area contributed by atoms with Gasteiger partial charge in [0.05, 0.1) is 26.2 Å². The van der Waals surface area contributed by atoms with Crippen molar-refractivity contribution in [3.8, 4) is 37.0 Å². The predicted octanol–water partition coefficient (Wildman–Crippen LogP) is 12.2. The molecule has 443 valence electrons. The zero-order valence-corrected chi connectivity index (χ0v) is 57.7. The minimum Gasteiger partial charge on any atom is -1.00 e. The molecular formula is C66H117B11I2N3. The highest BCUT2D eigenvalue weighted by molar-refractivity contribution is 14.1. The molecule has 0 aromatic rings. The number of hydrogen-bond donors (Lipinski definition) is 2. The number of nitrogens with zero attached hydrogens (tertiary/aromatic N) is 1. The fourth-order valence-electron chi connectivity index (χ4n) is 19.6. The topological polar surface area (TPSA) is 45.9 Å². The summed E-state index contributed by atoms with van der Waals surface area (Å²) in [4.78, 5) is 1.96. The summed E-state index contributed by atoms with van der Waals surface area (Å²) in [5.41, 5.74) is 8.24. The summed E-state index contributed by atoms with van der Waals surface area (Å²) in [5, 5.41) is 2.69. The van der Waals surface area contributed by atoms with Crippen LogP contribution in [0.1, 0.15) is 264 Å². The molecule has 0 aliphatic carbocycles. The van der Waals surface area contributed by atoms with E-state index in [4.69, 9.17) is 56.0 Å². The molecule has 0 aromatic carbocycles. The van der Waals surface area contributed by atoms with Gasteiger partial charge in [0.1, 0.15) is 34.1 Å². The van der Waals surface area contributed by atoms with Crippen LogP contribution in [0.15, 0.2) is 0 Å². The lowest BCUT2D eigenvalue weighted by Gasteiger charge is -2.51. The van der Waals surface area contributed by atoms with Crippen LogP contribution in [0, 0.1) is 37.0 Å². The van der Waals surface area contributed by atoms with Gasteiger partial charge in [-0.05, 0) is 36.7 Å². The van der Waals surface area contributed by atoms with Crippen molar-refractivity contribution in [3.63, 3.8) is 0 Å². The van der Waals surface area contributed by atoms with E-state index in [1.165, 1.54) is 127 Å². The van der Waals surface area contributed by atoms with Gasteiger partial charge in [-0.15, -0.1) is 25.2 Å². The van der Waals surface area contributed by atoms with Crippen LogP contribution in [-0.2, 0) is 0 Å². The van der Waals surface area contributed by atoms with Crippen LogP contribution in [0.25, 0.3) is 0 Å². The van der Waals surface area contributed by atoms with E-state index in [2.05, 4.69) is 66.8 Å². The standard InChI is InChI=1S/C24H45B2N.C19H35B2N.C10H11N.C8H14B.C5H11I.B6.HI/c1-2-3-4-18-27-19-17-24(25-20-9-5-10-21(25)12-6-11-20)26-22-13-7-14-23(26)16-8-15-22;22-14-13-19(20-15-5-1-6-16(20)8-2-7-15)21-17-9-3-10-18(21)12-4-11-17;1-4-7-10-11(8-5-2)9-6-3;1-3-7-5-2-6-8(4-1)9-7;1-2-3-4-5-6;1-5(2)6(3)4;/h20-24,27H,2-19H2,1H3;15-19H,1-14,22H2;1-3H,7-10H2;7-8H,1-6H2;2-5H2,1H3;;1H. The maximum Gasteiger partial charge on any atom is 0.142 e. The SMILES string of the molecule is C#CCCN(CC#C)CC#C.CCCCCI.CCCCC[NH2+]CCC(B1C2CCCC1CCC2)B1C2CCCC1CCC2.NCCC(B1C2CCCC1CCC2)B1C2CCCC1CCC2.[B]1C2CCCC1CCC2.[B]B([B])B([B])[B].[I-]. The average molecular weight is 1330 g/mol. The van der Waals surface area contributed by atoms with Crippen molar-refractivity contribution < 1.29 is 29.3 Å². The van der Waals surface area contributed by atoms with E-state index in [0.717, 1.165) is 110 Å². The van der Waals surface area contributed by atoms with Crippen molar-refractivity contribution in [2.75, 3.05) is 43.7 Å². The Bertz CT molecular complexity index is 1550. The molecule has 4 N–H and O–H groups in total. The minimum absolute atomic E-state index is 0. The first kappa shape index (κ1) is 75.2. The second-order valence-electron chi connectivity index (χ2n) is 28.3. The lowest BCUT2D eigenvalue weighted by molar-refractivity contribution is -0.655. The molecule has 10 rings (SSSR count). The molecule has 0 amide bonds. The van der Waals surface area contributed by atoms with E-state index in [9.17, 15) is 0 Å². The van der Waals surface area contributed by atoms with Crippen molar-refractivity contribution in [1.29, 1.82) is 0 Å². The smallest absolute Gasteiger partial charge is 0.142 e. The Balaban J connectivity index is 0.000000233. The third-order valence-electron chi connectivity index (χ3n) is 23.0. The van der Waals surface area contributed by atoms with E-state index in [1.54, 1.807) is 135 Å². The number of rotatable bonds is 21. The zero-order chi connectivity index (χ0) is 58.0. The molecule has 3 nitrogen and oxygen atoms in total. The maximum atomic E-state index is 6.14. The van der Waals surface area contributed by atoms with Gasteiger partial charge in [-0.25, -0.2) is 0 Å². The molecule has 10 aliphatic heterocycles. The van der Waals surface area contributed by atoms with Gasteiger partial charge < -0.3 is 35.0 Å². The molecule has 16 heteroatoms. The molecule has 0 aromatic heterocycles. The van der Waals surface area contributed by atoms with Gasteiger partial charge in [-0.1, -0.05) is 336 Å². The number of alkyl halides is 1. The van der Waals surface area contributed by atoms with Gasteiger partial charge in [-0.3, -0.25) is 4.90 Å². The number of hydrogen-bond acceptors (Lipinski definition) is 2. The molecule has 10 saturated heterocycles. The Morgan fingerprint density at radius 2 is 0.817 bits per heavy atom. The molecule has 82 heavy (non-hydrogen) atoms. The number of nitrogens with two attached hydrogens (primary N) is 2. The average Bonchev–Trinajstić information content (AvgIpc) is 3.45. The van der Waals surface area contributed by atoms with Gasteiger partial charge in [0, 0.05) is 56.7 Å². The Morgan fingerprint density at radius 1 is 0.500 bits per heavy atom. The second-order valence-corrected chi connectivity index (χ2v) is 29.4. The fraction of sp³-hybridized carbons (Fsp3) is 0.909. The van der Waals surface area contributed by atoms with Crippen LogP contribution in [0.5, 0.6) is 0 Å². The summed E-state index contributed by atoms with van der Waals surface area (Å²) in [6.45, 7) is 14.6. The Hall–Kier alpha value is 0.734. The van der Waals surface area contributed by atoms with Crippen molar-refractivity contribution in [2.45, 2.75) is 334 Å². The Kier molecular flexibility index (Phi) is 41.3. The zero-order valence-electron chi connectivity index (χ0n) is 53.4. The first-order valence-electron chi connectivity index (χ1n) is 35.6. The summed E-state index contributed by atoms with van der Waals surface area (Å²) in [6.07, 6.45) is 72.5. The largest absolute Gasteiger partial charge is 1.00 e. The van der Waals surface area contributed by atoms with Crippen molar-refractivity contribution in [1.82, 2.24) is 4.90 Å². The van der Waals surface area contributed by atoms with Gasteiger partial charge >= 0.3 is 0 Å². The summed E-state index contributed by atoms with van der Waals surface area (Å²) in [5.74, 6) is 18.4. The molecule has 10 heterocycles. The third-order valence-corrected chi connectivity index (χ3v) is 23.7. The van der Waals surface area contributed by atoms with Crippen LogP contribution in [-0.4, -0.2) is 126 Å². The van der Waals surface area contributed by atoms with Crippen molar-refractivity contribution in [2.24, 2.45) is 5.73 Å². The second kappa shape index (κ2) is 45.1. The highest BCUT2D eigenvalue weighted by Gasteiger charge is 2.53. The molecule has 0 saturated carbocycles. The van der Waals surface area contributed by atoms with Gasteiger partial charge in [0.15, 0.2) is 0 Å². The molecule has 9 radical (unpaired) electrons. The van der Waals surface area contributed by atoms with E-state index < -0.39 is 12.8 Å². The molecule has 0 spiro atoms. The quantitative estimate of drug-likeness (QED) is 0.0396. The summed E-state index contributed by atoms with van der Waals surface area (Å²) in [6, 6.07) is 0. The molecule has 0 atom stereocenters.